The molecule has 25 heavy (non-hydrogen) atoms. The Kier molecular flexibility index (Phi) is 5.16. The number of rotatable bonds is 5. The van der Waals surface area contributed by atoms with E-state index in [1.165, 1.54) is 0 Å². The molecule has 2 N–H and O–H groups in total. The van der Waals surface area contributed by atoms with Gasteiger partial charge in [0.15, 0.2) is 0 Å². The molecule has 0 saturated carbocycles. The number of benzene rings is 2. The number of nitrogens with zero attached hydrogens (tertiary/aromatic N) is 1. The van der Waals surface area contributed by atoms with Crippen molar-refractivity contribution < 1.29 is 9.53 Å². The molecule has 1 heterocycles. The molecular formula is C19H16ClN3O2. The van der Waals surface area contributed by atoms with Crippen LogP contribution in [0.15, 0.2) is 66.9 Å². The van der Waals surface area contributed by atoms with E-state index in [-0.39, 0.29) is 5.91 Å². The standard InChI is InChI=1S/C19H16ClN3O2/c1-25-17-8-3-2-7-16(17)23-19(24)13-9-10-21-18(11-13)22-15-6-4-5-14(20)12-15/h2-12H,1H3,(H,21,22)(H,23,24). The zero-order chi connectivity index (χ0) is 17.6. The summed E-state index contributed by atoms with van der Waals surface area (Å²) in [7, 11) is 1.56. The van der Waals surface area contributed by atoms with Crippen LogP contribution in [0.1, 0.15) is 10.4 Å². The Morgan fingerprint density at radius 1 is 1.08 bits per heavy atom. The SMILES string of the molecule is COc1ccccc1NC(=O)c1ccnc(Nc2cccc(Cl)c2)c1. The number of aromatic nitrogens is 1. The Bertz CT molecular complexity index is 899. The first kappa shape index (κ1) is 16.8. The molecule has 2 aromatic carbocycles. The topological polar surface area (TPSA) is 63.2 Å². The molecule has 0 spiro atoms. The lowest BCUT2D eigenvalue weighted by Crippen LogP contribution is -2.13. The normalized spacial score (nSPS) is 10.2. The molecule has 6 heteroatoms. The summed E-state index contributed by atoms with van der Waals surface area (Å²) >= 11 is 5.98. The third kappa shape index (κ3) is 4.28. The Morgan fingerprint density at radius 3 is 2.72 bits per heavy atom. The van der Waals surface area contributed by atoms with Crippen molar-refractivity contribution in [2.75, 3.05) is 17.7 Å². The van der Waals surface area contributed by atoms with E-state index in [9.17, 15) is 4.79 Å². The minimum Gasteiger partial charge on any atom is -0.495 e. The number of carbonyl (C=O) groups excluding carboxylic acids is 1. The summed E-state index contributed by atoms with van der Waals surface area (Å²) in [6, 6.07) is 17.8. The molecule has 1 aromatic heterocycles. The molecule has 0 atom stereocenters. The maximum atomic E-state index is 12.5. The fourth-order valence-electron chi connectivity index (χ4n) is 2.30. The Balaban J connectivity index is 1.77. The Labute approximate surface area is 150 Å². The van der Waals surface area contributed by atoms with Crippen LogP contribution in [0.4, 0.5) is 17.2 Å². The van der Waals surface area contributed by atoms with Gasteiger partial charge in [0.2, 0.25) is 0 Å². The minimum atomic E-state index is -0.249. The number of ether oxygens (including phenoxy) is 1. The van der Waals surface area contributed by atoms with Gasteiger partial charge in [-0.2, -0.15) is 0 Å². The lowest BCUT2D eigenvalue weighted by Gasteiger charge is -2.11. The van der Waals surface area contributed by atoms with E-state index in [4.69, 9.17) is 16.3 Å². The Morgan fingerprint density at radius 2 is 1.92 bits per heavy atom. The van der Waals surface area contributed by atoms with Crippen molar-refractivity contribution in [3.05, 3.63) is 77.4 Å². The van der Waals surface area contributed by atoms with Crippen LogP contribution in [0.5, 0.6) is 5.75 Å². The number of pyridine rings is 1. The molecule has 0 unspecified atom stereocenters. The van der Waals surface area contributed by atoms with Crippen molar-refractivity contribution in [3.8, 4) is 5.75 Å². The molecule has 0 aliphatic rings. The maximum absolute atomic E-state index is 12.5. The van der Waals surface area contributed by atoms with Gasteiger partial charge >= 0.3 is 0 Å². The van der Waals surface area contributed by atoms with E-state index in [0.29, 0.717) is 27.8 Å². The van der Waals surface area contributed by atoms with Crippen LogP contribution in [0.2, 0.25) is 5.02 Å². The second-order valence-electron chi connectivity index (χ2n) is 5.22. The van der Waals surface area contributed by atoms with Crippen LogP contribution < -0.4 is 15.4 Å². The predicted octanol–water partition coefficient (Wildman–Crippen LogP) is 4.74. The van der Waals surface area contributed by atoms with Gasteiger partial charge in [-0.1, -0.05) is 29.8 Å². The predicted molar refractivity (Wildman–Crippen MR) is 99.9 cm³/mol. The van der Waals surface area contributed by atoms with Crippen molar-refractivity contribution in [2.24, 2.45) is 0 Å². The monoisotopic (exact) mass is 353 g/mol. The fourth-order valence-corrected chi connectivity index (χ4v) is 2.49. The van der Waals surface area contributed by atoms with Crippen LogP contribution in [-0.2, 0) is 0 Å². The van der Waals surface area contributed by atoms with E-state index in [1.54, 1.807) is 49.7 Å². The number of hydrogen-bond acceptors (Lipinski definition) is 4. The zero-order valence-electron chi connectivity index (χ0n) is 13.5. The third-order valence-corrected chi connectivity index (χ3v) is 3.71. The molecule has 0 saturated heterocycles. The maximum Gasteiger partial charge on any atom is 0.255 e. The Hall–Kier alpha value is -3.05. The highest BCUT2D eigenvalue weighted by molar-refractivity contribution is 6.30. The molecule has 0 fully saturated rings. The zero-order valence-corrected chi connectivity index (χ0v) is 14.2. The molecule has 3 rings (SSSR count). The summed E-state index contributed by atoms with van der Waals surface area (Å²) in [4.78, 5) is 16.7. The van der Waals surface area contributed by atoms with Crippen molar-refractivity contribution in [1.82, 2.24) is 4.98 Å². The van der Waals surface area contributed by atoms with Crippen LogP contribution in [0.25, 0.3) is 0 Å². The van der Waals surface area contributed by atoms with Crippen LogP contribution in [0, 0.1) is 0 Å². The van der Waals surface area contributed by atoms with Crippen molar-refractivity contribution in [1.29, 1.82) is 0 Å². The van der Waals surface area contributed by atoms with Gasteiger partial charge in [0.1, 0.15) is 11.6 Å². The second-order valence-corrected chi connectivity index (χ2v) is 5.66. The number of carbonyl (C=O) groups is 1. The fraction of sp³-hybridized carbons (Fsp3) is 0.0526. The van der Waals surface area contributed by atoms with E-state index in [0.717, 1.165) is 5.69 Å². The summed E-state index contributed by atoms with van der Waals surface area (Å²) in [6.45, 7) is 0. The third-order valence-electron chi connectivity index (χ3n) is 3.47. The van der Waals surface area contributed by atoms with E-state index in [1.807, 2.05) is 24.3 Å². The van der Waals surface area contributed by atoms with Crippen molar-refractivity contribution in [2.45, 2.75) is 0 Å². The number of halogens is 1. The molecular weight excluding hydrogens is 338 g/mol. The average molecular weight is 354 g/mol. The van der Waals surface area contributed by atoms with Gasteiger partial charge in [-0.05, 0) is 42.5 Å². The number of amides is 1. The van der Waals surface area contributed by atoms with E-state index < -0.39 is 0 Å². The van der Waals surface area contributed by atoms with Crippen LogP contribution in [0.3, 0.4) is 0 Å². The molecule has 5 nitrogen and oxygen atoms in total. The summed E-state index contributed by atoms with van der Waals surface area (Å²) < 4.78 is 5.24. The molecule has 0 aliphatic heterocycles. The first-order chi connectivity index (χ1) is 12.2. The molecule has 0 radical (unpaired) electrons. The summed E-state index contributed by atoms with van der Waals surface area (Å²) in [6.07, 6.45) is 1.57. The first-order valence-electron chi connectivity index (χ1n) is 7.59. The van der Waals surface area contributed by atoms with E-state index in [2.05, 4.69) is 15.6 Å². The van der Waals surface area contributed by atoms with Crippen molar-refractivity contribution >= 4 is 34.7 Å². The van der Waals surface area contributed by atoms with Gasteiger partial charge < -0.3 is 15.4 Å². The molecule has 0 bridgehead atoms. The summed E-state index contributed by atoms with van der Waals surface area (Å²) in [5, 5.41) is 6.58. The highest BCUT2D eigenvalue weighted by Crippen LogP contribution is 2.24. The van der Waals surface area contributed by atoms with Gasteiger partial charge in [0, 0.05) is 22.5 Å². The molecule has 3 aromatic rings. The second kappa shape index (κ2) is 7.68. The highest BCUT2D eigenvalue weighted by Gasteiger charge is 2.10. The quantitative estimate of drug-likeness (QED) is 0.695. The van der Waals surface area contributed by atoms with E-state index >= 15 is 0 Å². The highest BCUT2D eigenvalue weighted by atomic mass is 35.5. The lowest BCUT2D eigenvalue weighted by molar-refractivity contribution is 0.102. The van der Waals surface area contributed by atoms with Gasteiger partial charge in [-0.25, -0.2) is 4.98 Å². The number of hydrogen-bond donors (Lipinski definition) is 2. The smallest absolute Gasteiger partial charge is 0.255 e. The minimum absolute atomic E-state index is 0.249. The first-order valence-corrected chi connectivity index (χ1v) is 7.96. The lowest BCUT2D eigenvalue weighted by atomic mass is 10.2. The van der Waals surface area contributed by atoms with Gasteiger partial charge in [0.05, 0.1) is 12.8 Å². The number of anilines is 3. The van der Waals surface area contributed by atoms with Gasteiger partial charge in [-0.15, -0.1) is 0 Å². The molecule has 126 valence electrons. The largest absolute Gasteiger partial charge is 0.495 e. The summed E-state index contributed by atoms with van der Waals surface area (Å²) in [5.41, 5.74) is 1.88. The average Bonchev–Trinajstić information content (AvgIpc) is 2.62. The van der Waals surface area contributed by atoms with Gasteiger partial charge in [-0.3, -0.25) is 4.79 Å². The van der Waals surface area contributed by atoms with Gasteiger partial charge in [0.25, 0.3) is 5.91 Å². The molecule has 0 aliphatic carbocycles. The summed E-state index contributed by atoms with van der Waals surface area (Å²) in [5.74, 6) is 0.901. The number of nitrogens with one attached hydrogen (secondary N) is 2. The van der Waals surface area contributed by atoms with Crippen molar-refractivity contribution in [3.63, 3.8) is 0 Å². The van der Waals surface area contributed by atoms with Crippen LogP contribution >= 0.6 is 11.6 Å². The molecule has 1 amide bonds. The van der Waals surface area contributed by atoms with Crippen LogP contribution in [-0.4, -0.2) is 18.0 Å². The number of para-hydroxylation sites is 2. The number of methoxy groups -OCH3 is 1.